The summed E-state index contributed by atoms with van der Waals surface area (Å²) in [6.45, 7) is 3.76. The van der Waals surface area contributed by atoms with Gasteiger partial charge in [0.05, 0.1) is 10.6 Å². The Hall–Kier alpha value is -3.19. The van der Waals surface area contributed by atoms with Crippen molar-refractivity contribution in [1.82, 2.24) is 10.3 Å². The van der Waals surface area contributed by atoms with Crippen LogP contribution in [0, 0.1) is 13.8 Å². The van der Waals surface area contributed by atoms with Gasteiger partial charge >= 0.3 is 0 Å². The molecule has 3 rings (SSSR count). The standard InChI is InChI=1S/C22H23N3O3S/c1-17-8-9-21(18(2)14-17)25(29(27,28)20-6-4-3-5-7-20)16-22(26)24-15-19-10-12-23-13-11-19/h3-14H,15-16H2,1-2H3,(H,24,26). The van der Waals surface area contributed by atoms with Crippen LogP contribution in [0.3, 0.4) is 0 Å². The molecular formula is C22H23N3O3S. The van der Waals surface area contributed by atoms with Crippen molar-refractivity contribution in [3.63, 3.8) is 0 Å². The molecule has 0 saturated heterocycles. The Labute approximate surface area is 171 Å². The van der Waals surface area contributed by atoms with Crippen molar-refractivity contribution in [2.75, 3.05) is 10.8 Å². The van der Waals surface area contributed by atoms with E-state index in [4.69, 9.17) is 0 Å². The first-order valence-electron chi connectivity index (χ1n) is 9.18. The number of pyridine rings is 1. The number of nitrogens with zero attached hydrogens (tertiary/aromatic N) is 2. The van der Waals surface area contributed by atoms with E-state index in [1.54, 1.807) is 48.8 Å². The molecule has 150 valence electrons. The minimum Gasteiger partial charge on any atom is -0.350 e. The number of anilines is 1. The largest absolute Gasteiger partial charge is 0.350 e. The summed E-state index contributed by atoms with van der Waals surface area (Å²) in [6, 6.07) is 17.2. The van der Waals surface area contributed by atoms with Crippen molar-refractivity contribution in [1.29, 1.82) is 0 Å². The fourth-order valence-electron chi connectivity index (χ4n) is 2.99. The van der Waals surface area contributed by atoms with E-state index in [1.165, 1.54) is 16.4 Å². The number of rotatable bonds is 7. The van der Waals surface area contributed by atoms with Crippen LogP contribution in [0.4, 0.5) is 5.69 Å². The van der Waals surface area contributed by atoms with Gasteiger partial charge in [0.2, 0.25) is 5.91 Å². The minimum absolute atomic E-state index is 0.141. The van der Waals surface area contributed by atoms with Gasteiger partial charge in [0, 0.05) is 18.9 Å². The molecule has 1 heterocycles. The third kappa shape index (κ3) is 5.00. The summed E-state index contributed by atoms with van der Waals surface area (Å²) >= 11 is 0. The topological polar surface area (TPSA) is 79.4 Å². The van der Waals surface area contributed by atoms with Gasteiger partial charge in [-0.15, -0.1) is 0 Å². The molecule has 6 nitrogen and oxygen atoms in total. The van der Waals surface area contributed by atoms with Crippen molar-refractivity contribution in [3.05, 3.63) is 89.7 Å². The number of carbonyl (C=O) groups is 1. The molecule has 0 aliphatic carbocycles. The molecule has 2 aromatic carbocycles. The summed E-state index contributed by atoms with van der Waals surface area (Å²) in [5, 5.41) is 2.78. The van der Waals surface area contributed by atoms with E-state index in [0.29, 0.717) is 12.2 Å². The SMILES string of the molecule is Cc1ccc(N(CC(=O)NCc2ccncc2)S(=O)(=O)c2ccccc2)c(C)c1. The molecule has 0 radical (unpaired) electrons. The van der Waals surface area contributed by atoms with Crippen molar-refractivity contribution in [2.45, 2.75) is 25.3 Å². The van der Waals surface area contributed by atoms with Gasteiger partial charge in [0.15, 0.2) is 0 Å². The molecule has 7 heteroatoms. The summed E-state index contributed by atoms with van der Waals surface area (Å²) in [5.74, 6) is -0.388. The van der Waals surface area contributed by atoms with E-state index in [-0.39, 0.29) is 17.3 Å². The maximum Gasteiger partial charge on any atom is 0.264 e. The summed E-state index contributed by atoms with van der Waals surface area (Å²) in [7, 11) is -3.90. The zero-order chi connectivity index (χ0) is 20.9. The second-order valence-corrected chi connectivity index (χ2v) is 8.61. The van der Waals surface area contributed by atoms with Gasteiger partial charge in [0.1, 0.15) is 6.54 Å². The minimum atomic E-state index is -3.90. The highest BCUT2D eigenvalue weighted by Crippen LogP contribution is 2.27. The molecule has 29 heavy (non-hydrogen) atoms. The van der Waals surface area contributed by atoms with Crippen LogP contribution < -0.4 is 9.62 Å². The van der Waals surface area contributed by atoms with Crippen LogP contribution in [-0.4, -0.2) is 25.9 Å². The summed E-state index contributed by atoms with van der Waals surface area (Å²) in [6.07, 6.45) is 3.28. The summed E-state index contributed by atoms with van der Waals surface area (Å²) in [4.78, 5) is 16.7. The van der Waals surface area contributed by atoms with Gasteiger partial charge < -0.3 is 5.32 Å². The van der Waals surface area contributed by atoms with Gasteiger partial charge in [-0.25, -0.2) is 8.42 Å². The van der Waals surface area contributed by atoms with Crippen molar-refractivity contribution >= 4 is 21.6 Å². The van der Waals surface area contributed by atoms with Gasteiger partial charge in [0.25, 0.3) is 10.0 Å². The maximum absolute atomic E-state index is 13.3. The lowest BCUT2D eigenvalue weighted by molar-refractivity contribution is -0.119. The number of carbonyl (C=O) groups excluding carboxylic acids is 1. The average molecular weight is 410 g/mol. The Balaban J connectivity index is 1.90. The smallest absolute Gasteiger partial charge is 0.264 e. The Morgan fingerprint density at radius 1 is 1.00 bits per heavy atom. The van der Waals surface area contributed by atoms with E-state index in [2.05, 4.69) is 10.3 Å². The Kier molecular flexibility index (Phi) is 6.29. The van der Waals surface area contributed by atoms with Crippen LogP contribution in [-0.2, 0) is 21.4 Å². The van der Waals surface area contributed by atoms with Gasteiger partial charge in [-0.2, -0.15) is 0 Å². The molecule has 0 fully saturated rings. The molecule has 3 aromatic rings. The maximum atomic E-state index is 13.3. The third-order valence-corrected chi connectivity index (χ3v) is 6.25. The van der Waals surface area contributed by atoms with Crippen molar-refractivity contribution < 1.29 is 13.2 Å². The first-order valence-corrected chi connectivity index (χ1v) is 10.6. The third-order valence-electron chi connectivity index (χ3n) is 4.48. The normalized spacial score (nSPS) is 11.1. The lowest BCUT2D eigenvalue weighted by Gasteiger charge is -2.26. The van der Waals surface area contributed by atoms with Crippen LogP contribution in [0.1, 0.15) is 16.7 Å². The first kappa shape index (κ1) is 20.5. The molecule has 0 bridgehead atoms. The molecular weight excluding hydrogens is 386 g/mol. The summed E-state index contributed by atoms with van der Waals surface area (Å²) in [5.41, 5.74) is 3.17. The van der Waals surface area contributed by atoms with E-state index < -0.39 is 10.0 Å². The fourth-order valence-corrected chi connectivity index (χ4v) is 4.50. The molecule has 0 aliphatic rings. The predicted octanol–water partition coefficient (Wildman–Crippen LogP) is 3.21. The molecule has 0 saturated carbocycles. The highest BCUT2D eigenvalue weighted by Gasteiger charge is 2.28. The number of sulfonamides is 1. The van der Waals surface area contributed by atoms with Crippen LogP contribution in [0.15, 0.2) is 78.0 Å². The lowest BCUT2D eigenvalue weighted by atomic mass is 10.1. The number of benzene rings is 2. The van der Waals surface area contributed by atoms with Gasteiger partial charge in [-0.3, -0.25) is 14.1 Å². The van der Waals surface area contributed by atoms with Gasteiger partial charge in [-0.1, -0.05) is 35.9 Å². The van der Waals surface area contributed by atoms with Crippen molar-refractivity contribution in [3.8, 4) is 0 Å². The number of amides is 1. The van der Waals surface area contributed by atoms with Gasteiger partial charge in [-0.05, 0) is 55.3 Å². The predicted molar refractivity (Wildman–Crippen MR) is 113 cm³/mol. The molecule has 0 atom stereocenters. The van der Waals surface area contributed by atoms with E-state index in [0.717, 1.165) is 16.7 Å². The second kappa shape index (κ2) is 8.87. The highest BCUT2D eigenvalue weighted by atomic mass is 32.2. The fraction of sp³-hybridized carbons (Fsp3) is 0.182. The van der Waals surface area contributed by atoms with E-state index >= 15 is 0 Å². The van der Waals surface area contributed by atoms with Crippen LogP contribution in [0.2, 0.25) is 0 Å². The molecule has 1 aromatic heterocycles. The summed E-state index contributed by atoms with van der Waals surface area (Å²) < 4.78 is 27.8. The quantitative estimate of drug-likeness (QED) is 0.650. The number of aryl methyl sites for hydroxylation is 2. The molecule has 0 unspecified atom stereocenters. The number of aromatic nitrogens is 1. The van der Waals surface area contributed by atoms with Crippen LogP contribution in [0.25, 0.3) is 0 Å². The number of nitrogens with one attached hydrogen (secondary N) is 1. The van der Waals surface area contributed by atoms with E-state index in [1.807, 2.05) is 26.0 Å². The monoisotopic (exact) mass is 409 g/mol. The molecule has 0 aliphatic heterocycles. The van der Waals surface area contributed by atoms with Crippen LogP contribution in [0.5, 0.6) is 0 Å². The van der Waals surface area contributed by atoms with E-state index in [9.17, 15) is 13.2 Å². The average Bonchev–Trinajstić information content (AvgIpc) is 2.72. The molecule has 1 N–H and O–H groups in total. The first-order chi connectivity index (χ1) is 13.9. The Bertz CT molecular complexity index is 1080. The zero-order valence-corrected chi connectivity index (χ0v) is 17.2. The Morgan fingerprint density at radius 2 is 1.69 bits per heavy atom. The molecule has 1 amide bonds. The molecule has 0 spiro atoms. The van der Waals surface area contributed by atoms with Crippen LogP contribution >= 0.6 is 0 Å². The lowest BCUT2D eigenvalue weighted by Crippen LogP contribution is -2.41. The number of hydrogen-bond acceptors (Lipinski definition) is 4. The van der Waals surface area contributed by atoms with Crippen molar-refractivity contribution in [2.24, 2.45) is 0 Å². The number of hydrogen-bond donors (Lipinski definition) is 1. The highest BCUT2D eigenvalue weighted by molar-refractivity contribution is 7.92. The second-order valence-electron chi connectivity index (χ2n) is 6.75. The Morgan fingerprint density at radius 3 is 2.34 bits per heavy atom. The zero-order valence-electron chi connectivity index (χ0n) is 16.4.